The Bertz CT molecular complexity index is 2410. The summed E-state index contributed by atoms with van der Waals surface area (Å²) in [6.45, 7) is 13.5. The number of phenols is 1. The number of nitrogens with one attached hydrogen (secondary N) is 2. The van der Waals surface area contributed by atoms with Gasteiger partial charge in [0, 0.05) is 67.8 Å². The molecule has 2 aromatic heterocycles. The third kappa shape index (κ3) is 9.79. The van der Waals surface area contributed by atoms with Gasteiger partial charge in [-0.1, -0.05) is 39.8 Å². The molecule has 5 heterocycles. The van der Waals surface area contributed by atoms with Crippen LogP contribution in [0.2, 0.25) is 0 Å². The van der Waals surface area contributed by atoms with Crippen molar-refractivity contribution in [3.05, 3.63) is 71.5 Å². The molecular weight excluding hydrogens is 827 g/mol. The molecule has 0 aliphatic carbocycles. The van der Waals surface area contributed by atoms with Crippen molar-refractivity contribution in [1.82, 2.24) is 35.1 Å². The first kappa shape index (κ1) is 47.6. The Morgan fingerprint density at radius 1 is 1.08 bits per heavy atom. The lowest BCUT2D eigenvalue weighted by Crippen LogP contribution is -2.62. The van der Waals surface area contributed by atoms with Crippen LogP contribution in [-0.4, -0.2) is 130 Å². The molecule has 3 amide bonds. The van der Waals surface area contributed by atoms with Crippen LogP contribution in [0.1, 0.15) is 83.7 Å². The molecule has 0 saturated carbocycles. The van der Waals surface area contributed by atoms with E-state index in [1.54, 1.807) is 32.5 Å². The van der Waals surface area contributed by atoms with Gasteiger partial charge in [0.1, 0.15) is 23.9 Å². The molecule has 3 aliphatic rings. The van der Waals surface area contributed by atoms with Crippen molar-refractivity contribution in [2.24, 2.45) is 17.3 Å². The van der Waals surface area contributed by atoms with Crippen LogP contribution in [0.5, 0.6) is 5.75 Å². The maximum atomic E-state index is 14.7. The number of cyclic esters (lactones) is 1. The monoisotopic (exact) mass is 894 g/mol. The zero-order valence-corrected chi connectivity index (χ0v) is 39.4. The van der Waals surface area contributed by atoms with Crippen LogP contribution in [0.4, 0.5) is 0 Å². The van der Waals surface area contributed by atoms with E-state index in [-0.39, 0.29) is 55.9 Å². The number of ether oxygens (including phenoxy) is 2. The first-order chi connectivity index (χ1) is 31.0. The van der Waals surface area contributed by atoms with Crippen LogP contribution in [0.3, 0.4) is 0 Å². The summed E-state index contributed by atoms with van der Waals surface area (Å²) in [4.78, 5) is 65.3. The second-order valence-electron chi connectivity index (χ2n) is 19.3. The van der Waals surface area contributed by atoms with E-state index in [2.05, 4.69) is 54.3 Å². The molecule has 15 nitrogen and oxygen atoms in total. The van der Waals surface area contributed by atoms with Gasteiger partial charge in [0.25, 0.3) is 5.91 Å². The largest absolute Gasteiger partial charge is 0.508 e. The topological polar surface area (TPSA) is 179 Å². The van der Waals surface area contributed by atoms with Gasteiger partial charge < -0.3 is 39.4 Å². The fourth-order valence-corrected chi connectivity index (χ4v) is 10.2. The first-order valence-corrected chi connectivity index (χ1v) is 23.1. The van der Waals surface area contributed by atoms with Crippen LogP contribution >= 0.6 is 0 Å². The molecular formula is C50H67N7O8. The highest BCUT2D eigenvalue weighted by Crippen LogP contribution is 2.42. The van der Waals surface area contributed by atoms with Crippen molar-refractivity contribution in [3.8, 4) is 28.1 Å². The molecule has 350 valence electrons. The molecule has 1 unspecified atom stereocenters. The van der Waals surface area contributed by atoms with Crippen LogP contribution in [0.15, 0.2) is 54.7 Å². The first-order valence-electron chi connectivity index (χ1n) is 23.1. The van der Waals surface area contributed by atoms with E-state index in [9.17, 15) is 29.4 Å². The van der Waals surface area contributed by atoms with E-state index >= 15 is 0 Å². The minimum Gasteiger partial charge on any atom is -0.508 e. The summed E-state index contributed by atoms with van der Waals surface area (Å²) in [6.07, 6.45) is 3.56. The van der Waals surface area contributed by atoms with Crippen LogP contribution in [0, 0.1) is 17.3 Å². The number of likely N-dealkylation sites (tertiary alicyclic amines) is 1. The highest BCUT2D eigenvalue weighted by Gasteiger charge is 2.42. The number of benzene rings is 2. The Balaban J connectivity index is 1.33. The van der Waals surface area contributed by atoms with Gasteiger partial charge in [-0.3, -0.25) is 29.2 Å². The average Bonchev–Trinajstić information content (AvgIpc) is 3.81. The number of carbonyl (C=O) groups is 4. The number of likely N-dealkylation sites (N-methyl/N-ethyl adjacent to an activating group) is 2. The standard InChI is InChI=1S/C50H67N7O8/c1-10-56-41-16-15-32-25-37(41)38(45(56)36-13-11-18-51-43(36)30(4)64-9)26-50(5,6)28-65-49(63)39-14-12-19-57(53-39)48(62)40(23-31-21-33(32)24-34(59)22-31)52-46(60)44(29(2)3)55(8)47(61)35-17-20-54(7)42(35)27-58/h11,13,15-16,18,21-22,24-25,29-30,35,39-40,42,44,53,58-59H,10,12,14,17,19-20,23,26-28H2,1-9H3,(H,52,60)/t30-,35-,39-,40-,42+,44?/m0/s1. The maximum absolute atomic E-state index is 14.7. The molecule has 4 aromatic rings. The number of rotatable bonds is 10. The lowest BCUT2D eigenvalue weighted by Gasteiger charge is -2.37. The zero-order valence-electron chi connectivity index (χ0n) is 39.4. The zero-order chi connectivity index (χ0) is 46.9. The Morgan fingerprint density at radius 2 is 1.85 bits per heavy atom. The minimum atomic E-state index is -1.15. The molecule has 2 fully saturated rings. The maximum Gasteiger partial charge on any atom is 0.324 e. The molecule has 2 aromatic carbocycles. The number of aryl methyl sites for hydroxylation is 1. The molecule has 65 heavy (non-hydrogen) atoms. The van der Waals surface area contributed by atoms with E-state index in [1.807, 2.05) is 50.9 Å². The minimum absolute atomic E-state index is 0.00125. The summed E-state index contributed by atoms with van der Waals surface area (Å²) < 4.78 is 14.2. The summed E-state index contributed by atoms with van der Waals surface area (Å²) >= 11 is 0. The van der Waals surface area contributed by atoms with E-state index in [4.69, 9.17) is 14.5 Å². The summed E-state index contributed by atoms with van der Waals surface area (Å²) in [6, 6.07) is 12.2. The molecule has 0 spiro atoms. The molecule has 6 atom stereocenters. The second kappa shape index (κ2) is 19.6. The molecule has 15 heteroatoms. The van der Waals surface area contributed by atoms with Crippen molar-refractivity contribution in [1.29, 1.82) is 0 Å². The van der Waals surface area contributed by atoms with Crippen molar-refractivity contribution >= 4 is 34.6 Å². The van der Waals surface area contributed by atoms with Crippen molar-refractivity contribution < 1.29 is 38.9 Å². The summed E-state index contributed by atoms with van der Waals surface area (Å²) in [5.74, 6) is -2.51. The fourth-order valence-electron chi connectivity index (χ4n) is 10.2. The predicted molar refractivity (Wildman–Crippen MR) is 248 cm³/mol. The number of phenolic OH excluding ortho intramolecular Hbond substituents is 1. The van der Waals surface area contributed by atoms with Gasteiger partial charge in [-0.25, -0.2) is 5.43 Å². The summed E-state index contributed by atoms with van der Waals surface area (Å²) in [5.41, 5.74) is 9.59. The van der Waals surface area contributed by atoms with Gasteiger partial charge in [0.2, 0.25) is 11.8 Å². The predicted octanol–water partition coefficient (Wildman–Crippen LogP) is 5.25. The Hall–Kier alpha value is -5.35. The number of esters is 1. The summed E-state index contributed by atoms with van der Waals surface area (Å²) in [5, 5.41) is 26.9. The fraction of sp³-hybridized carbons (Fsp3) is 0.540. The number of aromatic nitrogens is 2. The summed E-state index contributed by atoms with van der Waals surface area (Å²) in [7, 11) is 5.15. The Labute approximate surface area is 382 Å². The van der Waals surface area contributed by atoms with Gasteiger partial charge in [-0.2, -0.15) is 0 Å². The number of hydrazine groups is 1. The Kier molecular flexibility index (Phi) is 14.4. The van der Waals surface area contributed by atoms with Gasteiger partial charge in [0.05, 0.1) is 36.6 Å². The molecule has 2 saturated heterocycles. The van der Waals surface area contributed by atoms with Crippen molar-refractivity contribution in [2.75, 3.05) is 47.5 Å². The van der Waals surface area contributed by atoms with Gasteiger partial charge in [-0.05, 0) is 118 Å². The molecule has 4 N–H and O–H groups in total. The number of amides is 3. The Morgan fingerprint density at radius 3 is 2.55 bits per heavy atom. The number of aliphatic hydroxyl groups excluding tert-OH is 1. The lowest BCUT2D eigenvalue weighted by atomic mass is 9.84. The number of hydrogen-bond donors (Lipinski definition) is 4. The third-order valence-corrected chi connectivity index (χ3v) is 13.7. The van der Waals surface area contributed by atoms with Crippen LogP contribution in [0.25, 0.3) is 33.3 Å². The molecule has 7 rings (SSSR count). The number of carbonyl (C=O) groups excluding carboxylic acids is 4. The normalized spacial score (nSPS) is 22.7. The number of hydrogen-bond acceptors (Lipinski definition) is 11. The van der Waals surface area contributed by atoms with Gasteiger partial charge in [0.15, 0.2) is 0 Å². The number of aromatic hydroxyl groups is 1. The van der Waals surface area contributed by atoms with E-state index < -0.39 is 47.2 Å². The highest BCUT2D eigenvalue weighted by atomic mass is 16.5. The van der Waals surface area contributed by atoms with Crippen LogP contribution in [-0.2, 0) is 48.0 Å². The smallest absolute Gasteiger partial charge is 0.324 e. The lowest BCUT2D eigenvalue weighted by molar-refractivity contribution is -0.155. The number of fused-ring (bicyclic) bond motifs is 6. The van der Waals surface area contributed by atoms with E-state index in [1.165, 1.54) is 9.91 Å². The van der Waals surface area contributed by atoms with Crippen LogP contribution < -0.4 is 10.7 Å². The quantitative estimate of drug-likeness (QED) is 0.153. The number of methoxy groups -OCH3 is 1. The van der Waals surface area contributed by atoms with Gasteiger partial charge in [-0.15, -0.1) is 0 Å². The molecule has 6 bridgehead atoms. The number of aliphatic hydroxyl groups is 1. The SMILES string of the molecule is CCn1c(-c2cccnc2[C@H](C)OC)c2c3cc(ccc31)-c1cc(O)cc(c1)C[C@H](NC(=O)C(C(C)C)N(C)C(=O)[C@H]1CCN(C)[C@@H]1CO)C(=O)N1CCC[C@H](N1)C(=O)OCC(C)(C)C2. The number of pyridine rings is 1. The highest BCUT2D eigenvalue weighted by molar-refractivity contribution is 5.96. The number of nitrogens with zero attached hydrogens (tertiary/aromatic N) is 5. The van der Waals surface area contributed by atoms with E-state index in [0.29, 0.717) is 44.3 Å². The average molecular weight is 894 g/mol. The molecule has 0 radical (unpaired) electrons. The third-order valence-electron chi connectivity index (χ3n) is 13.7. The molecule has 3 aliphatic heterocycles. The van der Waals surface area contributed by atoms with Crippen molar-refractivity contribution in [2.45, 2.75) is 110 Å². The van der Waals surface area contributed by atoms with E-state index in [0.717, 1.165) is 44.5 Å². The second-order valence-corrected chi connectivity index (χ2v) is 19.3. The van der Waals surface area contributed by atoms with Gasteiger partial charge >= 0.3 is 5.97 Å². The van der Waals surface area contributed by atoms with Crippen molar-refractivity contribution in [3.63, 3.8) is 0 Å².